The van der Waals surface area contributed by atoms with Gasteiger partial charge in [0.15, 0.2) is 5.12 Å². The number of carbonyl (C=O) groups excluding carboxylic acids is 1. The van der Waals surface area contributed by atoms with E-state index in [4.69, 9.17) is 0 Å². The summed E-state index contributed by atoms with van der Waals surface area (Å²) in [5.41, 5.74) is 1.28. The summed E-state index contributed by atoms with van der Waals surface area (Å²) in [6.07, 6.45) is 1.97. The van der Waals surface area contributed by atoms with Gasteiger partial charge in [-0.3, -0.25) is 4.79 Å². The van der Waals surface area contributed by atoms with Crippen LogP contribution >= 0.6 is 34.4 Å². The molecule has 0 bridgehead atoms. The molecule has 0 amide bonds. The van der Waals surface area contributed by atoms with E-state index in [-0.39, 0.29) is 5.92 Å². The molecule has 1 heterocycles. The van der Waals surface area contributed by atoms with Crippen molar-refractivity contribution < 1.29 is 4.79 Å². The summed E-state index contributed by atoms with van der Waals surface area (Å²) in [6.45, 7) is 0. The summed E-state index contributed by atoms with van der Waals surface area (Å²) < 4.78 is 1.08. The van der Waals surface area contributed by atoms with Crippen molar-refractivity contribution in [2.75, 3.05) is 4.43 Å². The second-order valence-corrected chi connectivity index (χ2v) is 6.02. The molecule has 1 saturated heterocycles. The summed E-state index contributed by atoms with van der Waals surface area (Å²) in [5.74, 6) is 0.247. The van der Waals surface area contributed by atoms with Crippen LogP contribution in [-0.2, 0) is 11.2 Å². The van der Waals surface area contributed by atoms with Gasteiger partial charge in [0.25, 0.3) is 0 Å². The van der Waals surface area contributed by atoms with Crippen molar-refractivity contribution >= 4 is 39.5 Å². The monoisotopic (exact) mass is 332 g/mol. The average Bonchev–Trinajstić information content (AvgIpc) is 2.61. The lowest BCUT2D eigenvalue weighted by atomic mass is 9.97. The van der Waals surface area contributed by atoms with E-state index in [1.807, 2.05) is 18.2 Å². The zero-order valence-corrected chi connectivity index (χ0v) is 11.3. The van der Waals surface area contributed by atoms with Gasteiger partial charge in [-0.25, -0.2) is 0 Å². The molecular weight excluding hydrogens is 319 g/mol. The van der Waals surface area contributed by atoms with Crippen LogP contribution < -0.4 is 0 Å². The summed E-state index contributed by atoms with van der Waals surface area (Å²) in [6, 6.07) is 10.3. The molecule has 0 aliphatic carbocycles. The smallest absolute Gasteiger partial charge is 0.192 e. The minimum Gasteiger partial charge on any atom is -0.287 e. The highest BCUT2D eigenvalue weighted by atomic mass is 127. The van der Waals surface area contributed by atoms with E-state index >= 15 is 0 Å². The summed E-state index contributed by atoms with van der Waals surface area (Å²) in [4.78, 5) is 11.7. The molecule has 0 aromatic heterocycles. The second-order valence-electron chi connectivity index (χ2n) is 3.84. The number of hydrogen-bond donors (Lipinski definition) is 0. The fraction of sp³-hybridized carbons (Fsp3) is 0.417. The third-order valence-electron chi connectivity index (χ3n) is 2.66. The standard InChI is InChI=1S/C12H13IOS/c13-8-11-7-10(12(14)15-11)6-9-4-2-1-3-5-9/h1-5,10-11H,6-8H2. The van der Waals surface area contributed by atoms with E-state index in [2.05, 4.69) is 34.7 Å². The Labute approximate surface area is 108 Å². The maximum atomic E-state index is 11.7. The largest absolute Gasteiger partial charge is 0.287 e. The van der Waals surface area contributed by atoms with Crippen molar-refractivity contribution in [3.05, 3.63) is 35.9 Å². The Hall–Kier alpha value is -0.0300. The first-order valence-corrected chi connectivity index (χ1v) is 7.50. The molecule has 2 unspecified atom stereocenters. The maximum absolute atomic E-state index is 11.7. The molecule has 2 atom stereocenters. The van der Waals surface area contributed by atoms with Gasteiger partial charge in [-0.05, 0) is 18.4 Å². The van der Waals surface area contributed by atoms with E-state index in [0.29, 0.717) is 10.4 Å². The Kier molecular flexibility index (Phi) is 4.08. The van der Waals surface area contributed by atoms with Crippen molar-refractivity contribution in [2.45, 2.75) is 18.1 Å². The normalized spacial score (nSPS) is 25.8. The number of halogens is 1. The Morgan fingerprint density at radius 2 is 2.07 bits per heavy atom. The van der Waals surface area contributed by atoms with E-state index in [9.17, 15) is 4.79 Å². The van der Waals surface area contributed by atoms with E-state index in [1.165, 1.54) is 5.56 Å². The molecular formula is C12H13IOS. The van der Waals surface area contributed by atoms with E-state index < -0.39 is 0 Å². The first kappa shape index (κ1) is 11.5. The highest BCUT2D eigenvalue weighted by molar-refractivity contribution is 14.1. The number of thioether (sulfide) groups is 1. The minimum absolute atomic E-state index is 0.247. The van der Waals surface area contributed by atoms with Crippen molar-refractivity contribution in [2.24, 2.45) is 5.92 Å². The molecule has 0 radical (unpaired) electrons. The molecule has 80 valence electrons. The number of carbonyl (C=O) groups is 1. The summed E-state index contributed by atoms with van der Waals surface area (Å²) >= 11 is 3.91. The SMILES string of the molecule is O=C1SC(CI)CC1Cc1ccccc1. The molecule has 3 heteroatoms. The van der Waals surface area contributed by atoms with Gasteiger partial charge in [-0.15, -0.1) is 0 Å². The molecule has 1 aromatic carbocycles. The van der Waals surface area contributed by atoms with Gasteiger partial charge >= 0.3 is 0 Å². The van der Waals surface area contributed by atoms with Crippen LogP contribution in [-0.4, -0.2) is 14.8 Å². The molecule has 15 heavy (non-hydrogen) atoms. The molecule has 0 spiro atoms. The van der Waals surface area contributed by atoms with Crippen molar-refractivity contribution in [3.63, 3.8) is 0 Å². The van der Waals surface area contributed by atoms with Crippen LogP contribution in [0.15, 0.2) is 30.3 Å². The lowest BCUT2D eigenvalue weighted by molar-refractivity contribution is -0.113. The Morgan fingerprint density at radius 3 is 2.67 bits per heavy atom. The molecule has 1 fully saturated rings. The van der Waals surface area contributed by atoms with Crippen LogP contribution in [0, 0.1) is 5.92 Å². The number of rotatable bonds is 3. The fourth-order valence-corrected chi connectivity index (χ4v) is 3.87. The minimum atomic E-state index is 0.247. The van der Waals surface area contributed by atoms with Gasteiger partial charge in [-0.2, -0.15) is 0 Å². The van der Waals surface area contributed by atoms with Crippen molar-refractivity contribution in [1.82, 2.24) is 0 Å². The van der Waals surface area contributed by atoms with Gasteiger partial charge in [0.1, 0.15) is 0 Å². The van der Waals surface area contributed by atoms with Crippen LogP contribution in [0.3, 0.4) is 0 Å². The highest BCUT2D eigenvalue weighted by Crippen LogP contribution is 2.35. The van der Waals surface area contributed by atoms with E-state index in [0.717, 1.165) is 17.3 Å². The lowest BCUT2D eigenvalue weighted by Crippen LogP contribution is -2.09. The lowest BCUT2D eigenvalue weighted by Gasteiger charge is -2.07. The predicted molar refractivity (Wildman–Crippen MR) is 73.5 cm³/mol. The van der Waals surface area contributed by atoms with Crippen LogP contribution in [0.5, 0.6) is 0 Å². The molecule has 0 N–H and O–H groups in total. The van der Waals surface area contributed by atoms with Crippen LogP contribution in [0.25, 0.3) is 0 Å². The maximum Gasteiger partial charge on any atom is 0.192 e. The molecule has 0 saturated carbocycles. The molecule has 1 nitrogen and oxygen atoms in total. The fourth-order valence-electron chi connectivity index (χ4n) is 1.88. The second kappa shape index (κ2) is 5.34. The van der Waals surface area contributed by atoms with Crippen LogP contribution in [0.2, 0.25) is 0 Å². The van der Waals surface area contributed by atoms with Gasteiger partial charge in [0, 0.05) is 15.6 Å². The topological polar surface area (TPSA) is 17.1 Å². The molecule has 1 aliphatic rings. The quantitative estimate of drug-likeness (QED) is 0.624. The van der Waals surface area contributed by atoms with Gasteiger partial charge < -0.3 is 0 Å². The number of alkyl halides is 1. The van der Waals surface area contributed by atoms with Crippen LogP contribution in [0.1, 0.15) is 12.0 Å². The molecule has 1 aromatic rings. The molecule has 2 rings (SSSR count). The zero-order chi connectivity index (χ0) is 10.7. The van der Waals surface area contributed by atoms with Crippen molar-refractivity contribution in [1.29, 1.82) is 0 Å². The summed E-state index contributed by atoms with van der Waals surface area (Å²) in [7, 11) is 0. The zero-order valence-electron chi connectivity index (χ0n) is 8.36. The Balaban J connectivity index is 1.99. The first-order valence-electron chi connectivity index (χ1n) is 5.10. The summed E-state index contributed by atoms with van der Waals surface area (Å²) in [5, 5.41) is 0.937. The molecule has 1 aliphatic heterocycles. The van der Waals surface area contributed by atoms with Gasteiger partial charge in [0.2, 0.25) is 0 Å². The Morgan fingerprint density at radius 1 is 1.33 bits per heavy atom. The van der Waals surface area contributed by atoms with E-state index in [1.54, 1.807) is 11.8 Å². The first-order chi connectivity index (χ1) is 7.29. The number of hydrogen-bond acceptors (Lipinski definition) is 2. The highest BCUT2D eigenvalue weighted by Gasteiger charge is 2.32. The van der Waals surface area contributed by atoms with Crippen LogP contribution in [0.4, 0.5) is 0 Å². The Bertz CT molecular complexity index is 339. The van der Waals surface area contributed by atoms with Gasteiger partial charge in [0.05, 0.1) is 0 Å². The van der Waals surface area contributed by atoms with Crippen molar-refractivity contribution in [3.8, 4) is 0 Å². The number of benzene rings is 1. The van der Waals surface area contributed by atoms with Gasteiger partial charge in [-0.1, -0.05) is 64.7 Å². The average molecular weight is 332 g/mol. The predicted octanol–water partition coefficient (Wildman–Crippen LogP) is 3.31. The third kappa shape index (κ3) is 2.97. The third-order valence-corrected chi connectivity index (χ3v) is 5.58.